The van der Waals surface area contributed by atoms with Crippen LogP contribution < -0.4 is 0 Å². The largest absolute Gasteiger partial charge is 0.481 e. The van der Waals surface area contributed by atoms with E-state index in [0.29, 0.717) is 5.56 Å². The Morgan fingerprint density at radius 2 is 2.13 bits per heavy atom. The van der Waals surface area contributed by atoms with Crippen LogP contribution in [0.4, 0.5) is 4.39 Å². The van der Waals surface area contributed by atoms with Gasteiger partial charge in [0.1, 0.15) is 5.82 Å². The van der Waals surface area contributed by atoms with E-state index >= 15 is 0 Å². The lowest BCUT2D eigenvalue weighted by Crippen LogP contribution is -2.05. The Labute approximate surface area is 90.7 Å². The molecule has 0 aliphatic carbocycles. The van der Waals surface area contributed by atoms with Crippen molar-refractivity contribution in [1.82, 2.24) is 0 Å². The number of benzene rings is 1. The van der Waals surface area contributed by atoms with Crippen LogP contribution in [0.2, 0.25) is 0 Å². The molecule has 1 aromatic rings. The van der Waals surface area contributed by atoms with E-state index in [9.17, 15) is 9.18 Å². The Morgan fingerprint density at radius 3 is 2.60 bits per heavy atom. The van der Waals surface area contributed by atoms with E-state index in [2.05, 4.69) is 0 Å². The van der Waals surface area contributed by atoms with Gasteiger partial charge in [-0.15, -0.1) is 11.6 Å². The highest BCUT2D eigenvalue weighted by Crippen LogP contribution is 2.19. The van der Waals surface area contributed by atoms with Gasteiger partial charge in [-0.25, -0.2) is 4.39 Å². The molecule has 0 atom stereocenters. The average molecular weight is 228 g/mol. The number of halogens is 2. The van der Waals surface area contributed by atoms with Gasteiger partial charge in [-0.2, -0.15) is 5.26 Å². The maximum Gasteiger partial charge on any atom is 0.307 e. The summed E-state index contributed by atoms with van der Waals surface area (Å²) in [7, 11) is 0. The molecule has 1 aromatic carbocycles. The van der Waals surface area contributed by atoms with Gasteiger partial charge in [0.2, 0.25) is 0 Å². The third kappa shape index (κ3) is 2.67. The summed E-state index contributed by atoms with van der Waals surface area (Å²) in [5, 5.41) is 17.4. The fourth-order valence-electron chi connectivity index (χ4n) is 1.28. The Bertz CT molecular complexity index is 440. The van der Waals surface area contributed by atoms with Crippen LogP contribution in [0.15, 0.2) is 12.1 Å². The predicted octanol–water partition coefficient (Wildman–Crippen LogP) is 2.06. The van der Waals surface area contributed by atoms with E-state index in [1.165, 1.54) is 0 Å². The van der Waals surface area contributed by atoms with Gasteiger partial charge in [0.25, 0.3) is 0 Å². The maximum absolute atomic E-state index is 13.0. The van der Waals surface area contributed by atoms with Crippen molar-refractivity contribution < 1.29 is 14.3 Å². The summed E-state index contributed by atoms with van der Waals surface area (Å²) in [5.74, 6) is -1.72. The maximum atomic E-state index is 13.0. The number of carboxylic acid groups (broad SMARTS) is 1. The van der Waals surface area contributed by atoms with Crippen LogP contribution in [0.3, 0.4) is 0 Å². The molecule has 0 amide bonds. The molecule has 0 radical (unpaired) electrons. The van der Waals surface area contributed by atoms with E-state index in [1.54, 1.807) is 0 Å². The zero-order valence-electron chi connectivity index (χ0n) is 7.63. The third-order valence-electron chi connectivity index (χ3n) is 1.86. The van der Waals surface area contributed by atoms with Crippen molar-refractivity contribution >= 4 is 17.6 Å². The molecule has 15 heavy (non-hydrogen) atoms. The second-order valence-corrected chi connectivity index (χ2v) is 3.18. The number of nitrogens with zero attached hydrogens (tertiary/aromatic N) is 1. The molecule has 0 aliphatic rings. The molecule has 0 aliphatic heterocycles. The molecule has 5 heteroatoms. The van der Waals surface area contributed by atoms with Gasteiger partial charge < -0.3 is 5.11 Å². The highest BCUT2D eigenvalue weighted by Gasteiger charge is 2.12. The minimum atomic E-state index is -1.11. The monoisotopic (exact) mass is 227 g/mol. The van der Waals surface area contributed by atoms with Gasteiger partial charge in [-0.1, -0.05) is 0 Å². The summed E-state index contributed by atoms with van der Waals surface area (Å²) in [6, 6.07) is 4.01. The first-order valence-corrected chi connectivity index (χ1v) is 4.61. The Morgan fingerprint density at radius 1 is 1.53 bits per heavy atom. The summed E-state index contributed by atoms with van der Waals surface area (Å²) in [5.41, 5.74) is 0.616. The first kappa shape index (κ1) is 11.5. The Kier molecular flexibility index (Phi) is 3.64. The number of hydrogen-bond acceptors (Lipinski definition) is 2. The van der Waals surface area contributed by atoms with Gasteiger partial charge in [0.05, 0.1) is 18.1 Å². The van der Waals surface area contributed by atoms with Crippen LogP contribution in [0.5, 0.6) is 0 Å². The molecule has 0 saturated carbocycles. The number of aliphatic carboxylic acids is 1. The zero-order chi connectivity index (χ0) is 11.4. The first-order chi connectivity index (χ1) is 7.08. The predicted molar refractivity (Wildman–Crippen MR) is 52.0 cm³/mol. The van der Waals surface area contributed by atoms with Crippen LogP contribution in [0.1, 0.15) is 16.7 Å². The third-order valence-corrected chi connectivity index (χ3v) is 2.15. The summed E-state index contributed by atoms with van der Waals surface area (Å²) in [4.78, 5) is 10.5. The molecule has 0 heterocycles. The summed E-state index contributed by atoms with van der Waals surface area (Å²) in [6.07, 6.45) is -0.384. The van der Waals surface area contributed by atoms with Crippen LogP contribution in [-0.2, 0) is 17.1 Å². The van der Waals surface area contributed by atoms with E-state index in [0.717, 1.165) is 12.1 Å². The Balaban J connectivity index is 3.30. The van der Waals surface area contributed by atoms with Crippen molar-refractivity contribution in [2.45, 2.75) is 12.3 Å². The number of nitriles is 1. The standard InChI is InChI=1S/C10H7ClFNO2/c11-4-7-2-8(12)1-6(3-10(14)15)9(7)5-13/h1-2H,3-4H2,(H,14,15). The van der Waals surface area contributed by atoms with Crippen molar-refractivity contribution in [3.63, 3.8) is 0 Å². The topological polar surface area (TPSA) is 61.1 Å². The average Bonchev–Trinajstić information content (AvgIpc) is 2.15. The highest BCUT2D eigenvalue weighted by atomic mass is 35.5. The van der Waals surface area contributed by atoms with E-state index < -0.39 is 11.8 Å². The van der Waals surface area contributed by atoms with Crippen molar-refractivity contribution in [1.29, 1.82) is 5.26 Å². The molecular weight excluding hydrogens is 221 g/mol. The Hall–Kier alpha value is -1.60. The number of carboxylic acids is 1. The molecular formula is C10H7ClFNO2. The van der Waals surface area contributed by atoms with Crippen molar-refractivity contribution in [3.05, 3.63) is 34.6 Å². The smallest absolute Gasteiger partial charge is 0.307 e. The molecule has 3 nitrogen and oxygen atoms in total. The van der Waals surface area contributed by atoms with Crippen molar-refractivity contribution in [2.75, 3.05) is 0 Å². The lowest BCUT2D eigenvalue weighted by molar-refractivity contribution is -0.136. The van der Waals surface area contributed by atoms with Gasteiger partial charge >= 0.3 is 5.97 Å². The number of rotatable bonds is 3. The molecule has 0 saturated heterocycles. The minimum Gasteiger partial charge on any atom is -0.481 e. The van der Waals surface area contributed by atoms with Crippen LogP contribution >= 0.6 is 11.6 Å². The molecule has 0 bridgehead atoms. The van der Waals surface area contributed by atoms with Gasteiger partial charge in [-0.05, 0) is 23.3 Å². The second-order valence-electron chi connectivity index (χ2n) is 2.91. The molecule has 0 fully saturated rings. The molecule has 1 N–H and O–H groups in total. The normalized spacial score (nSPS) is 9.67. The van der Waals surface area contributed by atoms with Crippen LogP contribution in [-0.4, -0.2) is 11.1 Å². The SMILES string of the molecule is N#Cc1c(CCl)cc(F)cc1CC(=O)O. The molecule has 1 rings (SSSR count). The first-order valence-electron chi connectivity index (χ1n) is 4.07. The van der Waals surface area contributed by atoms with E-state index in [-0.39, 0.29) is 23.4 Å². The van der Waals surface area contributed by atoms with Crippen LogP contribution in [0, 0.1) is 17.1 Å². The van der Waals surface area contributed by atoms with Crippen LogP contribution in [0.25, 0.3) is 0 Å². The molecule has 0 unspecified atom stereocenters. The van der Waals surface area contributed by atoms with Gasteiger partial charge in [0, 0.05) is 5.88 Å². The second kappa shape index (κ2) is 4.76. The lowest BCUT2D eigenvalue weighted by atomic mass is 10.0. The fourth-order valence-corrected chi connectivity index (χ4v) is 1.49. The number of carbonyl (C=O) groups is 1. The molecule has 0 spiro atoms. The molecule has 78 valence electrons. The van der Waals surface area contributed by atoms with Crippen molar-refractivity contribution in [3.8, 4) is 6.07 Å². The van der Waals surface area contributed by atoms with E-state index in [1.807, 2.05) is 6.07 Å². The molecule has 0 aromatic heterocycles. The minimum absolute atomic E-state index is 0.0206. The highest BCUT2D eigenvalue weighted by molar-refractivity contribution is 6.17. The summed E-state index contributed by atoms with van der Waals surface area (Å²) in [6.45, 7) is 0. The quantitative estimate of drug-likeness (QED) is 0.804. The fraction of sp³-hybridized carbons (Fsp3) is 0.200. The number of hydrogen-bond donors (Lipinski definition) is 1. The van der Waals surface area contributed by atoms with Gasteiger partial charge in [-0.3, -0.25) is 4.79 Å². The number of alkyl halides is 1. The summed E-state index contributed by atoms with van der Waals surface area (Å²) >= 11 is 5.53. The van der Waals surface area contributed by atoms with E-state index in [4.69, 9.17) is 22.0 Å². The lowest BCUT2D eigenvalue weighted by Gasteiger charge is -2.05. The van der Waals surface area contributed by atoms with Gasteiger partial charge in [0.15, 0.2) is 0 Å². The summed E-state index contributed by atoms with van der Waals surface area (Å²) < 4.78 is 13.0. The van der Waals surface area contributed by atoms with Crippen molar-refractivity contribution in [2.24, 2.45) is 0 Å². The zero-order valence-corrected chi connectivity index (χ0v) is 8.38.